The third kappa shape index (κ3) is 2.81. The molecule has 4 heteroatoms. The van der Waals surface area contributed by atoms with Crippen LogP contribution < -0.4 is 10.6 Å². The Hall–Kier alpha value is -1.58. The predicted octanol–water partition coefficient (Wildman–Crippen LogP) is 1.44. The van der Waals surface area contributed by atoms with Gasteiger partial charge in [0.15, 0.2) is 0 Å². The molecular weight excluding hydrogens is 228 g/mol. The van der Waals surface area contributed by atoms with Crippen molar-refractivity contribution in [2.24, 2.45) is 0 Å². The van der Waals surface area contributed by atoms with Crippen LogP contribution in [-0.4, -0.2) is 23.9 Å². The Morgan fingerprint density at radius 2 is 1.33 bits per heavy atom. The van der Waals surface area contributed by atoms with Gasteiger partial charge in [0.2, 0.25) is 11.8 Å². The zero-order valence-electron chi connectivity index (χ0n) is 11.0. The van der Waals surface area contributed by atoms with Gasteiger partial charge in [0, 0.05) is 13.8 Å². The monoisotopic (exact) mass is 248 g/mol. The van der Waals surface area contributed by atoms with Crippen molar-refractivity contribution in [2.45, 2.75) is 51.6 Å². The minimum atomic E-state index is 0.00229. The molecule has 0 saturated carbocycles. The number of allylic oxidation sites excluding steroid dienone is 2. The van der Waals surface area contributed by atoms with E-state index in [1.54, 1.807) is 13.8 Å². The normalized spacial score (nSPS) is 26.6. The molecule has 2 aliphatic carbocycles. The highest BCUT2D eigenvalue weighted by atomic mass is 16.2. The van der Waals surface area contributed by atoms with Crippen LogP contribution in [0.25, 0.3) is 0 Å². The fraction of sp³-hybridized carbons (Fsp3) is 0.571. The number of amides is 2. The smallest absolute Gasteiger partial charge is 0.217 e. The van der Waals surface area contributed by atoms with Gasteiger partial charge in [0.05, 0.1) is 12.1 Å². The van der Waals surface area contributed by atoms with Crippen molar-refractivity contribution in [3.05, 3.63) is 23.3 Å². The van der Waals surface area contributed by atoms with Crippen LogP contribution in [0.3, 0.4) is 0 Å². The molecule has 0 heterocycles. The van der Waals surface area contributed by atoms with E-state index in [0.29, 0.717) is 0 Å². The first kappa shape index (κ1) is 12.9. The SMILES string of the molecule is CC(=O)NC1CCC=C1C1=CCCC1NC(C)=O. The van der Waals surface area contributed by atoms with Gasteiger partial charge in [-0.2, -0.15) is 0 Å². The lowest BCUT2D eigenvalue weighted by Crippen LogP contribution is -2.38. The van der Waals surface area contributed by atoms with Crippen LogP contribution >= 0.6 is 0 Å². The first-order valence-corrected chi connectivity index (χ1v) is 6.52. The molecule has 0 aromatic carbocycles. The van der Waals surface area contributed by atoms with Gasteiger partial charge in [0.25, 0.3) is 0 Å². The van der Waals surface area contributed by atoms with E-state index >= 15 is 0 Å². The third-order valence-corrected chi connectivity index (χ3v) is 3.48. The van der Waals surface area contributed by atoms with Gasteiger partial charge in [-0.3, -0.25) is 9.59 Å². The summed E-state index contributed by atoms with van der Waals surface area (Å²) in [5.74, 6) is 0.00458. The van der Waals surface area contributed by atoms with Gasteiger partial charge in [-0.15, -0.1) is 0 Å². The van der Waals surface area contributed by atoms with E-state index in [2.05, 4.69) is 22.8 Å². The van der Waals surface area contributed by atoms with Crippen LogP contribution in [0.4, 0.5) is 0 Å². The minimum absolute atomic E-state index is 0.00229. The van der Waals surface area contributed by atoms with Crippen LogP contribution in [0.1, 0.15) is 39.5 Å². The molecule has 2 rings (SSSR count). The number of carbonyl (C=O) groups excluding carboxylic acids is 2. The quantitative estimate of drug-likeness (QED) is 0.794. The van der Waals surface area contributed by atoms with E-state index in [-0.39, 0.29) is 23.9 Å². The number of rotatable bonds is 3. The lowest BCUT2D eigenvalue weighted by Gasteiger charge is -2.22. The first-order valence-electron chi connectivity index (χ1n) is 6.52. The summed E-state index contributed by atoms with van der Waals surface area (Å²) in [6, 6.07) is 0.228. The van der Waals surface area contributed by atoms with E-state index in [1.807, 2.05) is 0 Å². The zero-order valence-corrected chi connectivity index (χ0v) is 11.0. The molecule has 0 aromatic heterocycles. The standard InChI is InChI=1S/C14H20N2O2/c1-9(17)15-13-7-3-5-11(13)12-6-4-8-14(12)16-10(2)18/h5-6,13-14H,3-4,7-8H2,1-2H3,(H,15,17)(H,16,18). The fourth-order valence-corrected chi connectivity index (χ4v) is 2.84. The molecule has 0 aliphatic heterocycles. The summed E-state index contributed by atoms with van der Waals surface area (Å²) in [7, 11) is 0. The van der Waals surface area contributed by atoms with Crippen molar-refractivity contribution in [1.29, 1.82) is 0 Å². The van der Waals surface area contributed by atoms with E-state index in [0.717, 1.165) is 25.7 Å². The van der Waals surface area contributed by atoms with Gasteiger partial charge < -0.3 is 10.6 Å². The molecule has 98 valence electrons. The lowest BCUT2D eigenvalue weighted by molar-refractivity contribution is -0.120. The number of hydrogen-bond donors (Lipinski definition) is 2. The molecule has 2 aliphatic rings. The number of hydrogen-bond acceptors (Lipinski definition) is 2. The molecule has 2 atom stereocenters. The summed E-state index contributed by atoms with van der Waals surface area (Å²) < 4.78 is 0. The maximum atomic E-state index is 11.2. The van der Waals surface area contributed by atoms with Crippen LogP contribution in [0.5, 0.6) is 0 Å². The van der Waals surface area contributed by atoms with E-state index < -0.39 is 0 Å². The lowest BCUT2D eigenvalue weighted by atomic mass is 9.97. The third-order valence-electron chi connectivity index (χ3n) is 3.48. The van der Waals surface area contributed by atoms with Crippen molar-refractivity contribution in [3.63, 3.8) is 0 Å². The largest absolute Gasteiger partial charge is 0.350 e. The van der Waals surface area contributed by atoms with Crippen molar-refractivity contribution >= 4 is 11.8 Å². The average Bonchev–Trinajstić information content (AvgIpc) is 2.85. The van der Waals surface area contributed by atoms with Crippen LogP contribution in [0.15, 0.2) is 23.3 Å². The number of carbonyl (C=O) groups is 2. The average molecular weight is 248 g/mol. The zero-order chi connectivity index (χ0) is 13.1. The van der Waals surface area contributed by atoms with Crippen LogP contribution in [0.2, 0.25) is 0 Å². The highest BCUT2D eigenvalue weighted by Crippen LogP contribution is 2.32. The molecule has 4 nitrogen and oxygen atoms in total. The van der Waals surface area contributed by atoms with Gasteiger partial charge in [-0.05, 0) is 36.8 Å². The summed E-state index contributed by atoms with van der Waals surface area (Å²) in [4.78, 5) is 22.4. The molecule has 0 fully saturated rings. The first-order chi connectivity index (χ1) is 8.58. The van der Waals surface area contributed by atoms with Crippen molar-refractivity contribution in [3.8, 4) is 0 Å². The molecule has 2 unspecified atom stereocenters. The maximum absolute atomic E-state index is 11.2. The highest BCUT2D eigenvalue weighted by Gasteiger charge is 2.29. The summed E-state index contributed by atoms with van der Waals surface area (Å²) in [5, 5.41) is 5.96. The topological polar surface area (TPSA) is 58.2 Å². The molecule has 0 spiro atoms. The van der Waals surface area contributed by atoms with E-state index in [1.165, 1.54) is 11.1 Å². The second kappa shape index (κ2) is 5.38. The molecule has 0 bridgehead atoms. The van der Waals surface area contributed by atoms with E-state index in [9.17, 15) is 9.59 Å². The van der Waals surface area contributed by atoms with Gasteiger partial charge in [-0.25, -0.2) is 0 Å². The Kier molecular flexibility index (Phi) is 3.84. The summed E-state index contributed by atoms with van der Waals surface area (Å²) in [6.07, 6.45) is 8.27. The predicted molar refractivity (Wildman–Crippen MR) is 69.8 cm³/mol. The van der Waals surface area contributed by atoms with Crippen LogP contribution in [-0.2, 0) is 9.59 Å². The summed E-state index contributed by atoms with van der Waals surface area (Å²) >= 11 is 0. The Morgan fingerprint density at radius 1 is 0.944 bits per heavy atom. The molecule has 2 N–H and O–H groups in total. The van der Waals surface area contributed by atoms with Gasteiger partial charge in [0.1, 0.15) is 0 Å². The maximum Gasteiger partial charge on any atom is 0.217 e. The summed E-state index contributed by atoms with van der Waals surface area (Å²) in [5.41, 5.74) is 2.39. The van der Waals surface area contributed by atoms with Crippen molar-refractivity contribution in [2.75, 3.05) is 0 Å². The molecule has 2 amide bonds. The van der Waals surface area contributed by atoms with Crippen molar-refractivity contribution < 1.29 is 9.59 Å². The number of nitrogens with one attached hydrogen (secondary N) is 2. The Labute approximate surface area is 108 Å². The second-order valence-electron chi connectivity index (χ2n) is 4.98. The summed E-state index contributed by atoms with van der Waals surface area (Å²) in [6.45, 7) is 3.09. The highest BCUT2D eigenvalue weighted by molar-refractivity contribution is 5.75. The minimum Gasteiger partial charge on any atom is -0.350 e. The molecular formula is C14H20N2O2. The Bertz CT molecular complexity index is 384. The molecule has 0 saturated heterocycles. The van der Waals surface area contributed by atoms with E-state index in [4.69, 9.17) is 0 Å². The Morgan fingerprint density at radius 3 is 1.67 bits per heavy atom. The van der Waals surface area contributed by atoms with Gasteiger partial charge in [-0.1, -0.05) is 12.2 Å². The Balaban J connectivity index is 2.10. The van der Waals surface area contributed by atoms with Crippen molar-refractivity contribution in [1.82, 2.24) is 10.6 Å². The fourth-order valence-electron chi connectivity index (χ4n) is 2.84. The molecule has 0 aromatic rings. The molecule has 0 radical (unpaired) electrons. The second-order valence-corrected chi connectivity index (χ2v) is 4.98. The van der Waals surface area contributed by atoms with Crippen LogP contribution in [0, 0.1) is 0 Å². The van der Waals surface area contributed by atoms with Gasteiger partial charge >= 0.3 is 0 Å². The molecule has 18 heavy (non-hydrogen) atoms.